The minimum Gasteiger partial charge on any atom is -0.481 e. The lowest BCUT2D eigenvalue weighted by atomic mass is 10.2. The van der Waals surface area contributed by atoms with Crippen LogP contribution in [0.3, 0.4) is 0 Å². The van der Waals surface area contributed by atoms with Crippen molar-refractivity contribution in [1.29, 1.82) is 0 Å². The molecule has 9 heteroatoms. The van der Waals surface area contributed by atoms with E-state index in [1.807, 2.05) is 48.5 Å². The Morgan fingerprint density at radius 1 is 0.567 bits per heavy atom. The van der Waals surface area contributed by atoms with Gasteiger partial charge in [-0.25, -0.2) is 0 Å². The number of hydrogen-bond donors (Lipinski definition) is 2. The number of carboxylic acids is 2. The zero-order valence-corrected chi connectivity index (χ0v) is 15.8. The van der Waals surface area contributed by atoms with Crippen molar-refractivity contribution in [2.24, 2.45) is 0 Å². The first-order valence-corrected chi connectivity index (χ1v) is 8.72. The molecule has 0 unspecified atom stereocenters. The first-order valence-electron chi connectivity index (χ1n) is 8.72. The summed E-state index contributed by atoms with van der Waals surface area (Å²) in [6.07, 6.45) is 5.36. The number of aromatic nitrogens is 4. The van der Waals surface area contributed by atoms with Crippen LogP contribution in [0.5, 0.6) is 0 Å². The zero-order chi connectivity index (χ0) is 21.8. The van der Waals surface area contributed by atoms with Gasteiger partial charge in [-0.1, -0.05) is 24.3 Å². The molecule has 0 amide bonds. The fourth-order valence-corrected chi connectivity index (χ4v) is 2.22. The lowest BCUT2D eigenvalue weighted by molar-refractivity contribution is -0.143. The summed E-state index contributed by atoms with van der Waals surface area (Å²) >= 11 is 0. The standard InChI is InChI=1S/2C8H6N2.C5H6O5/c2*1-2-4-8-7(3-1)9-5-6-10-8;6-3(1-4(7)8)2-5(9)10/h2*1-6H;1-2H2,(H,7,8)(H,9,10). The predicted octanol–water partition coefficient (Wildman–Crippen LogP) is 2.76. The van der Waals surface area contributed by atoms with Gasteiger partial charge in [-0.15, -0.1) is 0 Å². The average Bonchev–Trinajstić information content (AvgIpc) is 2.74. The molecule has 4 aromatic rings. The number of nitrogens with zero attached hydrogens (tertiary/aromatic N) is 4. The maximum atomic E-state index is 10.3. The number of benzene rings is 2. The Balaban J connectivity index is 0.000000160. The highest BCUT2D eigenvalue weighted by Gasteiger charge is 2.10. The number of hydrogen-bond acceptors (Lipinski definition) is 7. The zero-order valence-electron chi connectivity index (χ0n) is 15.8. The van der Waals surface area contributed by atoms with Gasteiger partial charge in [0.1, 0.15) is 12.8 Å². The Morgan fingerprint density at radius 3 is 1.07 bits per heavy atom. The molecule has 0 aliphatic heterocycles. The van der Waals surface area contributed by atoms with Crippen molar-refractivity contribution in [3.63, 3.8) is 0 Å². The molecule has 0 aliphatic rings. The van der Waals surface area contributed by atoms with Crippen LogP contribution in [0.2, 0.25) is 0 Å². The molecule has 2 aromatic heterocycles. The molecule has 0 aliphatic carbocycles. The summed E-state index contributed by atoms with van der Waals surface area (Å²) in [6.45, 7) is 0. The van der Waals surface area contributed by atoms with Gasteiger partial charge >= 0.3 is 11.9 Å². The number of rotatable bonds is 4. The van der Waals surface area contributed by atoms with Gasteiger partial charge in [-0.05, 0) is 24.3 Å². The van der Waals surface area contributed by atoms with Gasteiger partial charge in [-0.2, -0.15) is 0 Å². The minimum absolute atomic E-state index is 0.716. The van der Waals surface area contributed by atoms with Crippen molar-refractivity contribution in [1.82, 2.24) is 19.9 Å². The molecule has 2 heterocycles. The third-order valence-electron chi connectivity index (χ3n) is 3.45. The van der Waals surface area contributed by atoms with Crippen molar-refractivity contribution in [2.45, 2.75) is 12.8 Å². The summed E-state index contributed by atoms with van der Waals surface area (Å²) in [5.41, 5.74) is 3.80. The van der Waals surface area contributed by atoms with E-state index in [4.69, 9.17) is 10.2 Å². The number of Topliss-reactive ketones (excluding diaryl/α,β-unsaturated/α-hetero) is 1. The van der Waals surface area contributed by atoms with E-state index in [-0.39, 0.29) is 0 Å². The smallest absolute Gasteiger partial charge is 0.310 e. The van der Waals surface area contributed by atoms with Crippen LogP contribution >= 0.6 is 0 Å². The van der Waals surface area contributed by atoms with E-state index in [2.05, 4.69) is 19.9 Å². The Labute approximate surface area is 171 Å². The van der Waals surface area contributed by atoms with Crippen LogP contribution in [0.4, 0.5) is 0 Å². The highest BCUT2D eigenvalue weighted by atomic mass is 16.4. The van der Waals surface area contributed by atoms with E-state index in [0.717, 1.165) is 22.1 Å². The Kier molecular flexibility index (Phi) is 8.48. The molecular weight excluding hydrogens is 388 g/mol. The number of ketones is 1. The lowest BCUT2D eigenvalue weighted by Crippen LogP contribution is -2.11. The van der Waals surface area contributed by atoms with Crippen LogP contribution in [0, 0.1) is 0 Å². The number of carbonyl (C=O) groups is 3. The van der Waals surface area contributed by atoms with Gasteiger partial charge < -0.3 is 10.2 Å². The molecule has 4 rings (SSSR count). The van der Waals surface area contributed by atoms with Crippen LogP contribution in [-0.2, 0) is 14.4 Å². The van der Waals surface area contributed by atoms with Gasteiger partial charge in [0.25, 0.3) is 0 Å². The first-order chi connectivity index (χ1) is 14.5. The Bertz CT molecular complexity index is 930. The lowest BCUT2D eigenvalue weighted by Gasteiger charge is -1.90. The number of carboxylic acid groups (broad SMARTS) is 2. The third-order valence-corrected chi connectivity index (χ3v) is 3.45. The van der Waals surface area contributed by atoms with Crippen LogP contribution in [0.25, 0.3) is 22.1 Å². The van der Waals surface area contributed by atoms with Crippen molar-refractivity contribution in [2.75, 3.05) is 0 Å². The molecule has 30 heavy (non-hydrogen) atoms. The number of para-hydroxylation sites is 4. The van der Waals surface area contributed by atoms with Crippen LogP contribution in [0.1, 0.15) is 12.8 Å². The van der Waals surface area contributed by atoms with Crippen LogP contribution < -0.4 is 0 Å². The van der Waals surface area contributed by atoms with E-state index >= 15 is 0 Å². The van der Waals surface area contributed by atoms with Gasteiger partial charge in [0.05, 0.1) is 22.1 Å². The van der Waals surface area contributed by atoms with Crippen LogP contribution in [0.15, 0.2) is 73.3 Å². The van der Waals surface area contributed by atoms with E-state index in [0.29, 0.717) is 0 Å². The number of aliphatic carboxylic acids is 2. The number of carbonyl (C=O) groups excluding carboxylic acids is 1. The first kappa shape index (κ1) is 22.0. The second-order valence-electron chi connectivity index (χ2n) is 5.77. The molecular formula is C21H18N4O5. The second-order valence-corrected chi connectivity index (χ2v) is 5.77. The Morgan fingerprint density at radius 2 is 0.833 bits per heavy atom. The van der Waals surface area contributed by atoms with E-state index in [9.17, 15) is 14.4 Å². The molecule has 0 bridgehead atoms. The van der Waals surface area contributed by atoms with Gasteiger partial charge in [0.2, 0.25) is 0 Å². The second kappa shape index (κ2) is 11.5. The minimum atomic E-state index is -1.30. The van der Waals surface area contributed by atoms with E-state index in [1.54, 1.807) is 24.8 Å². The topological polar surface area (TPSA) is 143 Å². The summed E-state index contributed by atoms with van der Waals surface area (Å²) < 4.78 is 0. The molecule has 152 valence electrons. The molecule has 0 saturated carbocycles. The normalized spacial score (nSPS) is 9.60. The fraction of sp³-hybridized carbons (Fsp3) is 0.0952. The van der Waals surface area contributed by atoms with Crippen LogP contribution in [-0.4, -0.2) is 47.9 Å². The SMILES string of the molecule is O=C(O)CC(=O)CC(=O)O.c1ccc2nccnc2c1.c1ccc2nccnc2c1. The van der Waals surface area contributed by atoms with Crippen molar-refractivity contribution in [3.8, 4) is 0 Å². The molecule has 2 aromatic carbocycles. The van der Waals surface area contributed by atoms with Gasteiger partial charge in [0, 0.05) is 24.8 Å². The Hall–Kier alpha value is -4.27. The molecule has 0 radical (unpaired) electrons. The monoisotopic (exact) mass is 406 g/mol. The quantitative estimate of drug-likeness (QED) is 0.489. The molecule has 0 saturated heterocycles. The molecule has 0 fully saturated rings. The van der Waals surface area contributed by atoms with Gasteiger partial charge in [-0.3, -0.25) is 34.3 Å². The summed E-state index contributed by atoms with van der Waals surface area (Å²) in [4.78, 5) is 46.3. The fourth-order valence-electron chi connectivity index (χ4n) is 2.22. The summed E-state index contributed by atoms with van der Waals surface area (Å²) in [5, 5.41) is 16.0. The van der Waals surface area contributed by atoms with Gasteiger partial charge in [0.15, 0.2) is 5.78 Å². The summed E-state index contributed by atoms with van der Waals surface area (Å²) in [7, 11) is 0. The largest absolute Gasteiger partial charge is 0.481 e. The number of fused-ring (bicyclic) bond motifs is 2. The molecule has 9 nitrogen and oxygen atoms in total. The van der Waals surface area contributed by atoms with Crippen molar-refractivity contribution in [3.05, 3.63) is 73.3 Å². The molecule has 0 spiro atoms. The average molecular weight is 406 g/mol. The molecule has 2 N–H and O–H groups in total. The molecule has 0 atom stereocenters. The highest BCUT2D eigenvalue weighted by molar-refractivity contribution is 6.02. The predicted molar refractivity (Wildman–Crippen MR) is 109 cm³/mol. The summed E-state index contributed by atoms with van der Waals surface area (Å²) in [5.74, 6) is -3.39. The maximum absolute atomic E-state index is 10.3. The van der Waals surface area contributed by atoms with E-state index < -0.39 is 30.6 Å². The maximum Gasteiger partial charge on any atom is 0.310 e. The summed E-state index contributed by atoms with van der Waals surface area (Å²) in [6, 6.07) is 15.6. The highest BCUT2D eigenvalue weighted by Crippen LogP contribution is 2.05. The third kappa shape index (κ3) is 7.77. The van der Waals surface area contributed by atoms with Crippen molar-refractivity contribution < 1.29 is 24.6 Å². The van der Waals surface area contributed by atoms with E-state index in [1.165, 1.54) is 0 Å². The van der Waals surface area contributed by atoms with Crippen molar-refractivity contribution >= 4 is 39.8 Å².